The molecular formula is C14H20BrNO3. The Balaban J connectivity index is 2.50. The molecule has 0 bridgehead atoms. The third-order valence-electron chi connectivity index (χ3n) is 2.84. The molecule has 19 heavy (non-hydrogen) atoms. The van der Waals surface area contributed by atoms with Crippen molar-refractivity contribution in [2.45, 2.75) is 38.6 Å². The van der Waals surface area contributed by atoms with Gasteiger partial charge in [-0.15, -0.1) is 0 Å². The molecule has 0 saturated heterocycles. The van der Waals surface area contributed by atoms with Gasteiger partial charge in [-0.25, -0.2) is 0 Å². The molecule has 1 atom stereocenters. The molecule has 1 aromatic rings. The highest BCUT2D eigenvalue weighted by atomic mass is 79.9. The number of carboxylic acids is 1. The molecule has 1 rings (SSSR count). The van der Waals surface area contributed by atoms with Crippen molar-refractivity contribution in [3.05, 3.63) is 28.2 Å². The molecule has 1 unspecified atom stereocenters. The number of hydrogen-bond acceptors (Lipinski definition) is 3. The van der Waals surface area contributed by atoms with E-state index in [1.54, 1.807) is 0 Å². The third-order valence-corrected chi connectivity index (χ3v) is 3.46. The maximum atomic E-state index is 10.4. The van der Waals surface area contributed by atoms with Gasteiger partial charge in [0.05, 0.1) is 11.1 Å². The summed E-state index contributed by atoms with van der Waals surface area (Å²) in [5.41, 5.74) is 7.13. The topological polar surface area (TPSA) is 72.5 Å². The molecule has 3 N–H and O–H groups in total. The molecule has 0 aliphatic heterocycles. The van der Waals surface area contributed by atoms with Crippen LogP contribution in [0.3, 0.4) is 0 Å². The number of carboxylic acid groups (broad SMARTS) is 1. The van der Waals surface area contributed by atoms with Crippen molar-refractivity contribution in [3.8, 4) is 5.75 Å². The van der Waals surface area contributed by atoms with Crippen LogP contribution in [0.4, 0.5) is 0 Å². The first-order valence-electron chi connectivity index (χ1n) is 6.44. The van der Waals surface area contributed by atoms with Crippen molar-refractivity contribution in [3.63, 3.8) is 0 Å². The Kier molecular flexibility index (Phi) is 6.87. The molecule has 0 aliphatic carbocycles. The minimum atomic E-state index is -0.752. The lowest BCUT2D eigenvalue weighted by atomic mass is 10.0. The van der Waals surface area contributed by atoms with Gasteiger partial charge in [-0.2, -0.15) is 0 Å². The molecule has 0 aliphatic rings. The summed E-state index contributed by atoms with van der Waals surface area (Å²) in [5.74, 6) is 0.0571. The van der Waals surface area contributed by atoms with Gasteiger partial charge in [0, 0.05) is 12.5 Å². The van der Waals surface area contributed by atoms with Gasteiger partial charge in [0.1, 0.15) is 5.75 Å². The monoisotopic (exact) mass is 329 g/mol. The van der Waals surface area contributed by atoms with E-state index in [2.05, 4.69) is 15.9 Å². The number of rotatable bonds is 8. The van der Waals surface area contributed by atoms with Crippen LogP contribution in [0, 0.1) is 0 Å². The summed E-state index contributed by atoms with van der Waals surface area (Å²) in [4.78, 5) is 10.4. The van der Waals surface area contributed by atoms with Crippen LogP contribution in [0.1, 0.15) is 44.2 Å². The Labute approximate surface area is 122 Å². The number of aliphatic carboxylic acids is 1. The van der Waals surface area contributed by atoms with Crippen molar-refractivity contribution in [1.29, 1.82) is 0 Å². The van der Waals surface area contributed by atoms with Crippen molar-refractivity contribution < 1.29 is 14.6 Å². The molecule has 0 spiro atoms. The SMILES string of the molecule is CCOc1ccc(C(N)CCCCC(=O)O)cc1Br. The maximum Gasteiger partial charge on any atom is 0.303 e. The van der Waals surface area contributed by atoms with Crippen LogP contribution in [0.15, 0.2) is 22.7 Å². The van der Waals surface area contributed by atoms with E-state index in [1.165, 1.54) is 0 Å². The van der Waals surface area contributed by atoms with E-state index < -0.39 is 5.97 Å². The van der Waals surface area contributed by atoms with Gasteiger partial charge in [-0.3, -0.25) is 4.79 Å². The fraction of sp³-hybridized carbons (Fsp3) is 0.500. The second-order valence-corrected chi connectivity index (χ2v) is 5.22. The zero-order valence-corrected chi connectivity index (χ0v) is 12.6. The van der Waals surface area contributed by atoms with E-state index in [0.29, 0.717) is 13.0 Å². The van der Waals surface area contributed by atoms with Crippen LogP contribution >= 0.6 is 15.9 Å². The standard InChI is InChI=1S/C14H20BrNO3/c1-2-19-13-8-7-10(9-11(13)15)12(16)5-3-4-6-14(17)18/h7-9,12H,2-6,16H2,1H3,(H,17,18). The van der Waals surface area contributed by atoms with Gasteiger partial charge in [0.2, 0.25) is 0 Å². The summed E-state index contributed by atoms with van der Waals surface area (Å²) in [5, 5.41) is 8.56. The van der Waals surface area contributed by atoms with Gasteiger partial charge in [0.15, 0.2) is 0 Å². The lowest BCUT2D eigenvalue weighted by molar-refractivity contribution is -0.137. The Morgan fingerprint density at radius 1 is 1.47 bits per heavy atom. The first-order valence-corrected chi connectivity index (χ1v) is 7.23. The van der Waals surface area contributed by atoms with E-state index in [1.807, 2.05) is 25.1 Å². The van der Waals surface area contributed by atoms with Crippen LogP contribution in [0.2, 0.25) is 0 Å². The Morgan fingerprint density at radius 2 is 2.21 bits per heavy atom. The van der Waals surface area contributed by atoms with Crippen molar-refractivity contribution in [2.24, 2.45) is 5.73 Å². The second-order valence-electron chi connectivity index (χ2n) is 4.37. The molecule has 0 radical (unpaired) electrons. The molecule has 0 fully saturated rings. The quantitative estimate of drug-likeness (QED) is 0.716. The summed E-state index contributed by atoms with van der Waals surface area (Å²) >= 11 is 3.46. The van der Waals surface area contributed by atoms with E-state index in [0.717, 1.165) is 28.6 Å². The molecule has 4 nitrogen and oxygen atoms in total. The molecule has 0 heterocycles. The number of hydrogen-bond donors (Lipinski definition) is 2. The summed E-state index contributed by atoms with van der Waals surface area (Å²) in [6.07, 6.45) is 2.48. The molecule has 1 aromatic carbocycles. The van der Waals surface area contributed by atoms with Gasteiger partial charge < -0.3 is 15.6 Å². The van der Waals surface area contributed by atoms with Crippen LogP contribution in [-0.4, -0.2) is 17.7 Å². The van der Waals surface area contributed by atoms with E-state index >= 15 is 0 Å². The highest BCUT2D eigenvalue weighted by molar-refractivity contribution is 9.10. The molecule has 0 saturated carbocycles. The van der Waals surface area contributed by atoms with Gasteiger partial charge in [0.25, 0.3) is 0 Å². The number of nitrogens with two attached hydrogens (primary N) is 1. The van der Waals surface area contributed by atoms with E-state index in [4.69, 9.17) is 15.6 Å². The molecule has 0 aromatic heterocycles. The predicted molar refractivity (Wildman–Crippen MR) is 78.3 cm³/mol. The van der Waals surface area contributed by atoms with Crippen LogP contribution in [-0.2, 0) is 4.79 Å². The van der Waals surface area contributed by atoms with Crippen LogP contribution in [0.5, 0.6) is 5.75 Å². The fourth-order valence-corrected chi connectivity index (χ4v) is 2.34. The van der Waals surface area contributed by atoms with Gasteiger partial charge in [-0.05, 0) is 53.4 Å². The third kappa shape index (κ3) is 5.61. The molecule has 5 heteroatoms. The molecule has 0 amide bonds. The Morgan fingerprint density at radius 3 is 2.79 bits per heavy atom. The number of carbonyl (C=O) groups is 1. The lowest BCUT2D eigenvalue weighted by Crippen LogP contribution is -2.10. The highest BCUT2D eigenvalue weighted by Gasteiger charge is 2.09. The smallest absolute Gasteiger partial charge is 0.303 e. The minimum absolute atomic E-state index is 0.0687. The second kappa shape index (κ2) is 8.17. The van der Waals surface area contributed by atoms with Crippen LogP contribution in [0.25, 0.3) is 0 Å². The first-order chi connectivity index (χ1) is 9.04. The molecule has 106 valence electrons. The zero-order chi connectivity index (χ0) is 14.3. The van der Waals surface area contributed by atoms with E-state index in [9.17, 15) is 4.79 Å². The minimum Gasteiger partial charge on any atom is -0.493 e. The van der Waals surface area contributed by atoms with Crippen molar-refractivity contribution >= 4 is 21.9 Å². The predicted octanol–water partition coefficient (Wildman–Crippen LogP) is 3.49. The van der Waals surface area contributed by atoms with E-state index in [-0.39, 0.29) is 12.5 Å². The number of halogens is 1. The summed E-state index contributed by atoms with van der Waals surface area (Å²) < 4.78 is 6.34. The van der Waals surface area contributed by atoms with Crippen molar-refractivity contribution in [2.75, 3.05) is 6.61 Å². The van der Waals surface area contributed by atoms with Crippen LogP contribution < -0.4 is 10.5 Å². The first kappa shape index (κ1) is 16.0. The largest absolute Gasteiger partial charge is 0.493 e. The Hall–Kier alpha value is -1.07. The summed E-state index contributed by atoms with van der Waals surface area (Å²) in [6.45, 7) is 2.56. The Bertz CT molecular complexity index is 423. The average molecular weight is 330 g/mol. The average Bonchev–Trinajstić information content (AvgIpc) is 2.36. The van der Waals surface area contributed by atoms with Gasteiger partial charge >= 0.3 is 5.97 Å². The van der Waals surface area contributed by atoms with Gasteiger partial charge in [-0.1, -0.05) is 12.5 Å². The zero-order valence-electron chi connectivity index (χ0n) is 11.1. The summed E-state index contributed by atoms with van der Waals surface area (Å²) in [7, 11) is 0. The normalized spacial score (nSPS) is 12.2. The fourth-order valence-electron chi connectivity index (χ4n) is 1.83. The number of benzene rings is 1. The van der Waals surface area contributed by atoms with Crippen molar-refractivity contribution in [1.82, 2.24) is 0 Å². The number of ether oxygens (including phenoxy) is 1. The number of unbranched alkanes of at least 4 members (excludes halogenated alkanes) is 1. The highest BCUT2D eigenvalue weighted by Crippen LogP contribution is 2.29. The lowest BCUT2D eigenvalue weighted by Gasteiger charge is -2.14. The molecular weight excluding hydrogens is 310 g/mol. The summed E-state index contributed by atoms with van der Waals surface area (Å²) in [6, 6.07) is 5.76. The maximum absolute atomic E-state index is 10.4.